The van der Waals surface area contributed by atoms with Crippen LogP contribution in [0.2, 0.25) is 5.02 Å². The van der Waals surface area contributed by atoms with Crippen molar-refractivity contribution in [1.82, 2.24) is 20.9 Å². The summed E-state index contributed by atoms with van der Waals surface area (Å²) >= 11 is 6.16. The minimum absolute atomic E-state index is 0.138. The zero-order valence-corrected chi connectivity index (χ0v) is 15.6. The number of aromatic nitrogens is 1. The Morgan fingerprint density at radius 3 is 2.65 bits per heavy atom. The van der Waals surface area contributed by atoms with Gasteiger partial charge in [0, 0.05) is 43.6 Å². The van der Waals surface area contributed by atoms with Gasteiger partial charge in [-0.1, -0.05) is 29.8 Å². The zero-order valence-electron chi connectivity index (χ0n) is 14.8. The molecule has 0 unspecified atom stereocenters. The molecule has 1 amide bonds. The van der Waals surface area contributed by atoms with Crippen molar-refractivity contribution in [2.24, 2.45) is 4.99 Å². The van der Waals surface area contributed by atoms with Crippen molar-refractivity contribution in [3.8, 4) is 0 Å². The van der Waals surface area contributed by atoms with E-state index in [1.54, 1.807) is 24.5 Å². The number of hydrogen-bond acceptors (Lipinski definition) is 3. The summed E-state index contributed by atoms with van der Waals surface area (Å²) in [7, 11) is 0. The molecule has 0 saturated carbocycles. The molecule has 3 N–H and O–H groups in total. The molecule has 0 atom stereocenters. The Balaban J connectivity index is 1.75. The molecule has 0 saturated heterocycles. The van der Waals surface area contributed by atoms with Crippen LogP contribution >= 0.6 is 11.6 Å². The van der Waals surface area contributed by atoms with Crippen LogP contribution in [0.3, 0.4) is 0 Å². The molecule has 1 aromatic heterocycles. The number of carbonyl (C=O) groups is 1. The first-order chi connectivity index (χ1) is 12.7. The predicted octanol–water partition coefficient (Wildman–Crippen LogP) is 2.26. The molecule has 1 aromatic carbocycles. The van der Waals surface area contributed by atoms with E-state index in [2.05, 4.69) is 25.9 Å². The Kier molecular flexibility index (Phi) is 8.42. The quantitative estimate of drug-likeness (QED) is 0.377. The highest BCUT2D eigenvalue weighted by atomic mass is 35.5. The summed E-state index contributed by atoms with van der Waals surface area (Å²) in [4.78, 5) is 20.4. The molecule has 0 radical (unpaired) electrons. The fourth-order valence-corrected chi connectivity index (χ4v) is 2.52. The van der Waals surface area contributed by atoms with Crippen molar-refractivity contribution in [1.29, 1.82) is 0 Å². The Morgan fingerprint density at radius 2 is 1.92 bits per heavy atom. The molecule has 0 aliphatic carbocycles. The van der Waals surface area contributed by atoms with E-state index < -0.39 is 0 Å². The molecular weight excluding hydrogens is 350 g/mol. The number of carbonyl (C=O) groups excluding carboxylic acids is 1. The third-order valence-electron chi connectivity index (χ3n) is 3.58. The van der Waals surface area contributed by atoms with Crippen LogP contribution in [0.1, 0.15) is 22.8 Å². The average molecular weight is 374 g/mol. The first kappa shape index (κ1) is 19.7. The number of hydrogen-bond donors (Lipinski definition) is 3. The van der Waals surface area contributed by atoms with Gasteiger partial charge in [-0.15, -0.1) is 0 Å². The highest BCUT2D eigenvalue weighted by Crippen LogP contribution is 2.15. The molecule has 2 rings (SSSR count). The van der Waals surface area contributed by atoms with E-state index in [1.807, 2.05) is 31.2 Å². The maximum atomic E-state index is 11.9. The average Bonchev–Trinajstić information content (AvgIpc) is 2.67. The second-order valence-electron chi connectivity index (χ2n) is 5.53. The van der Waals surface area contributed by atoms with E-state index >= 15 is 0 Å². The Labute approximate surface area is 159 Å². The lowest BCUT2D eigenvalue weighted by molar-refractivity contribution is 0.0954. The van der Waals surface area contributed by atoms with Crippen LogP contribution in [0.15, 0.2) is 53.8 Å². The van der Waals surface area contributed by atoms with E-state index in [-0.39, 0.29) is 5.91 Å². The van der Waals surface area contributed by atoms with E-state index in [0.29, 0.717) is 25.2 Å². The van der Waals surface area contributed by atoms with Gasteiger partial charge in [-0.05, 0) is 37.1 Å². The second-order valence-corrected chi connectivity index (χ2v) is 5.93. The number of aliphatic imine (C=N–C) groups is 1. The van der Waals surface area contributed by atoms with Crippen LogP contribution in [0.5, 0.6) is 0 Å². The van der Waals surface area contributed by atoms with E-state index in [9.17, 15) is 4.79 Å². The van der Waals surface area contributed by atoms with E-state index in [1.165, 1.54) is 0 Å². The van der Waals surface area contributed by atoms with Gasteiger partial charge < -0.3 is 16.0 Å². The summed E-state index contributed by atoms with van der Waals surface area (Å²) in [6.45, 7) is 4.46. The van der Waals surface area contributed by atoms with Crippen molar-refractivity contribution in [2.75, 3.05) is 26.2 Å². The van der Waals surface area contributed by atoms with Gasteiger partial charge in [0.1, 0.15) is 0 Å². The molecular formula is C19H24ClN5O. The summed E-state index contributed by atoms with van der Waals surface area (Å²) in [6.07, 6.45) is 3.96. The highest BCUT2D eigenvalue weighted by molar-refractivity contribution is 6.31. The molecule has 2 aromatic rings. The third-order valence-corrected chi connectivity index (χ3v) is 3.95. The third kappa shape index (κ3) is 6.72. The molecule has 0 spiro atoms. The van der Waals surface area contributed by atoms with Crippen LogP contribution in [-0.2, 0) is 6.42 Å². The van der Waals surface area contributed by atoms with Gasteiger partial charge in [-0.3, -0.25) is 14.8 Å². The fourth-order valence-electron chi connectivity index (χ4n) is 2.29. The number of nitrogens with zero attached hydrogens (tertiary/aromatic N) is 2. The minimum Gasteiger partial charge on any atom is -0.357 e. The van der Waals surface area contributed by atoms with Crippen molar-refractivity contribution in [3.05, 3.63) is 64.9 Å². The van der Waals surface area contributed by atoms with E-state index in [0.717, 1.165) is 29.5 Å². The lowest BCUT2D eigenvalue weighted by Crippen LogP contribution is -2.41. The summed E-state index contributed by atoms with van der Waals surface area (Å²) in [5.74, 6) is 0.579. The number of nitrogens with one attached hydrogen (secondary N) is 3. The van der Waals surface area contributed by atoms with Gasteiger partial charge in [-0.25, -0.2) is 0 Å². The SMILES string of the molecule is CCNC(=NCCc1ccccc1Cl)NCCNC(=O)c1cccnc1. The first-order valence-electron chi connectivity index (χ1n) is 8.64. The van der Waals surface area contributed by atoms with E-state index in [4.69, 9.17) is 11.6 Å². The summed E-state index contributed by atoms with van der Waals surface area (Å²) in [5, 5.41) is 10.00. The summed E-state index contributed by atoms with van der Waals surface area (Å²) in [6, 6.07) is 11.2. The number of benzene rings is 1. The largest absolute Gasteiger partial charge is 0.357 e. The number of halogens is 1. The highest BCUT2D eigenvalue weighted by Gasteiger charge is 2.04. The Hall–Kier alpha value is -2.60. The van der Waals surface area contributed by atoms with Gasteiger partial charge in [0.25, 0.3) is 5.91 Å². The van der Waals surface area contributed by atoms with Crippen LogP contribution in [0.25, 0.3) is 0 Å². The molecule has 1 heterocycles. The van der Waals surface area contributed by atoms with Crippen molar-refractivity contribution in [3.63, 3.8) is 0 Å². The minimum atomic E-state index is -0.138. The van der Waals surface area contributed by atoms with Crippen molar-refractivity contribution >= 4 is 23.5 Å². The molecule has 6 nitrogen and oxygen atoms in total. The topological polar surface area (TPSA) is 78.4 Å². The van der Waals surface area contributed by atoms with Gasteiger partial charge in [0.15, 0.2) is 5.96 Å². The van der Waals surface area contributed by atoms with Gasteiger partial charge in [0.2, 0.25) is 0 Å². The maximum Gasteiger partial charge on any atom is 0.252 e. The zero-order chi connectivity index (χ0) is 18.6. The number of rotatable bonds is 8. The number of guanidine groups is 1. The molecule has 0 bridgehead atoms. The normalized spacial score (nSPS) is 11.1. The maximum absolute atomic E-state index is 11.9. The van der Waals surface area contributed by atoms with Crippen molar-refractivity contribution in [2.45, 2.75) is 13.3 Å². The smallest absolute Gasteiger partial charge is 0.252 e. The molecule has 138 valence electrons. The Morgan fingerprint density at radius 1 is 1.12 bits per heavy atom. The van der Waals surface area contributed by atoms with Crippen molar-refractivity contribution < 1.29 is 4.79 Å². The standard InChI is InChI=1S/C19H24ClN5O/c1-2-22-19(24-11-9-15-6-3-4-8-17(15)20)25-13-12-23-18(26)16-7-5-10-21-14-16/h3-8,10,14H,2,9,11-13H2,1H3,(H,23,26)(H2,22,24,25). The van der Waals surface area contributed by atoms with Gasteiger partial charge in [0.05, 0.1) is 5.56 Å². The monoisotopic (exact) mass is 373 g/mol. The lowest BCUT2D eigenvalue weighted by Gasteiger charge is -2.12. The van der Waals surface area contributed by atoms with Crippen LogP contribution in [-0.4, -0.2) is 43.0 Å². The molecule has 0 fully saturated rings. The first-order valence-corrected chi connectivity index (χ1v) is 9.02. The Bertz CT molecular complexity index is 721. The van der Waals surface area contributed by atoms with Gasteiger partial charge in [-0.2, -0.15) is 0 Å². The summed E-state index contributed by atoms with van der Waals surface area (Å²) < 4.78 is 0. The van der Waals surface area contributed by atoms with Gasteiger partial charge >= 0.3 is 0 Å². The predicted molar refractivity (Wildman–Crippen MR) is 106 cm³/mol. The molecule has 26 heavy (non-hydrogen) atoms. The van der Waals surface area contributed by atoms with Crippen LogP contribution < -0.4 is 16.0 Å². The second kappa shape index (κ2) is 11.1. The van der Waals surface area contributed by atoms with Crippen LogP contribution in [0, 0.1) is 0 Å². The fraction of sp³-hybridized carbons (Fsp3) is 0.316. The molecule has 0 aliphatic heterocycles. The molecule has 0 aliphatic rings. The number of pyridine rings is 1. The molecule has 7 heteroatoms. The van der Waals surface area contributed by atoms with Crippen LogP contribution in [0.4, 0.5) is 0 Å². The summed E-state index contributed by atoms with van der Waals surface area (Å²) in [5.41, 5.74) is 1.63. The lowest BCUT2D eigenvalue weighted by atomic mass is 10.1. The number of amides is 1.